The molecule has 2 aromatic carbocycles. The van der Waals surface area contributed by atoms with Crippen LogP contribution >= 0.6 is 0 Å². The lowest BCUT2D eigenvalue weighted by molar-refractivity contribution is 0.604. The first-order chi connectivity index (χ1) is 11.8. The van der Waals surface area contributed by atoms with E-state index in [1.807, 2.05) is 32.9 Å². The molecule has 0 spiro atoms. The highest BCUT2D eigenvalue weighted by atomic mass is 32.2. The van der Waals surface area contributed by atoms with Crippen LogP contribution in [0.1, 0.15) is 37.3 Å². The van der Waals surface area contributed by atoms with Crippen LogP contribution in [0.25, 0.3) is 0 Å². The molecular formula is C20H24O3S2. The van der Waals surface area contributed by atoms with Gasteiger partial charge in [0, 0.05) is 15.2 Å². The Hall–Kier alpha value is -1.72. The zero-order valence-electron chi connectivity index (χ0n) is 14.9. The van der Waals surface area contributed by atoms with Gasteiger partial charge in [0.1, 0.15) is 0 Å². The van der Waals surface area contributed by atoms with Crippen LogP contribution in [-0.4, -0.2) is 12.6 Å². The van der Waals surface area contributed by atoms with Crippen molar-refractivity contribution in [3.8, 4) is 0 Å². The number of hydrogen-bond donors (Lipinski definition) is 0. The van der Waals surface area contributed by atoms with Crippen molar-refractivity contribution < 1.29 is 12.6 Å². The largest absolute Gasteiger partial charge is 0.249 e. The van der Waals surface area contributed by atoms with E-state index in [0.717, 1.165) is 24.0 Å². The van der Waals surface area contributed by atoms with Crippen molar-refractivity contribution in [1.82, 2.24) is 0 Å². The van der Waals surface area contributed by atoms with E-state index in [-0.39, 0.29) is 4.90 Å². The third kappa shape index (κ3) is 5.38. The minimum absolute atomic E-state index is 0.230. The van der Waals surface area contributed by atoms with Crippen LogP contribution < -0.4 is 0 Å². The van der Waals surface area contributed by atoms with E-state index in [1.165, 1.54) is 5.41 Å². The van der Waals surface area contributed by atoms with Crippen LogP contribution in [0.4, 0.5) is 0 Å². The Morgan fingerprint density at radius 2 is 1.48 bits per heavy atom. The third-order valence-electron chi connectivity index (χ3n) is 3.89. The molecule has 3 nitrogen and oxygen atoms in total. The van der Waals surface area contributed by atoms with Gasteiger partial charge in [0.05, 0.1) is 15.7 Å². The molecule has 0 bridgehead atoms. The number of benzene rings is 2. The zero-order chi connectivity index (χ0) is 18.4. The smallest absolute Gasteiger partial charge is 0.200 e. The van der Waals surface area contributed by atoms with E-state index in [1.54, 1.807) is 36.4 Å². The molecular weight excluding hydrogens is 352 g/mol. The van der Waals surface area contributed by atoms with Crippen LogP contribution in [-0.2, 0) is 20.6 Å². The number of sulfone groups is 1. The van der Waals surface area contributed by atoms with Gasteiger partial charge in [-0.1, -0.05) is 48.7 Å². The summed E-state index contributed by atoms with van der Waals surface area (Å²) >= 11 is 0. The van der Waals surface area contributed by atoms with Crippen molar-refractivity contribution in [2.75, 3.05) is 0 Å². The van der Waals surface area contributed by atoms with Crippen LogP contribution in [0, 0.1) is 13.8 Å². The second kappa shape index (κ2) is 8.59. The number of hydrogen-bond acceptors (Lipinski definition) is 3. The van der Waals surface area contributed by atoms with E-state index in [4.69, 9.17) is 0 Å². The minimum atomic E-state index is -3.62. The molecule has 25 heavy (non-hydrogen) atoms. The van der Waals surface area contributed by atoms with Gasteiger partial charge >= 0.3 is 0 Å². The maximum atomic E-state index is 12.9. The van der Waals surface area contributed by atoms with Gasteiger partial charge in [-0.05, 0) is 51.0 Å². The summed E-state index contributed by atoms with van der Waals surface area (Å²) in [5.74, 6) is 0. The van der Waals surface area contributed by atoms with Crippen molar-refractivity contribution in [2.24, 2.45) is 0 Å². The van der Waals surface area contributed by atoms with Crippen LogP contribution in [0.3, 0.4) is 0 Å². The number of rotatable bonds is 7. The molecule has 0 saturated heterocycles. The Morgan fingerprint density at radius 3 is 2.00 bits per heavy atom. The van der Waals surface area contributed by atoms with Gasteiger partial charge < -0.3 is 0 Å². The van der Waals surface area contributed by atoms with Gasteiger partial charge in [-0.25, -0.2) is 12.6 Å². The van der Waals surface area contributed by atoms with Gasteiger partial charge in [0.2, 0.25) is 9.84 Å². The molecule has 0 heterocycles. The summed E-state index contributed by atoms with van der Waals surface area (Å²) in [6, 6.07) is 14.1. The van der Waals surface area contributed by atoms with Crippen molar-refractivity contribution in [3.05, 3.63) is 70.0 Å². The summed E-state index contributed by atoms with van der Waals surface area (Å²) in [6.07, 6.45) is 2.21. The van der Waals surface area contributed by atoms with Crippen LogP contribution in [0.2, 0.25) is 0 Å². The van der Waals surface area contributed by atoms with Gasteiger partial charge in [-0.3, -0.25) is 0 Å². The standard InChI is InChI=1S/C20H24O3S2/c1-4-5-6-19(24(21)18-11-7-16(2)8-12-18)15-25(22,23)20-13-9-17(3)10-14-20/h7-15H,4-6H2,1-3H3/b19-15+. The van der Waals surface area contributed by atoms with Gasteiger partial charge in [-0.2, -0.15) is 0 Å². The lowest BCUT2D eigenvalue weighted by atomic mass is 10.2. The fraction of sp³-hybridized carbons (Fsp3) is 0.300. The fourth-order valence-electron chi connectivity index (χ4n) is 2.33. The van der Waals surface area contributed by atoms with Gasteiger partial charge in [0.25, 0.3) is 0 Å². The van der Waals surface area contributed by atoms with Crippen molar-refractivity contribution in [1.29, 1.82) is 0 Å². The van der Waals surface area contributed by atoms with E-state index >= 15 is 0 Å². The summed E-state index contributed by atoms with van der Waals surface area (Å²) in [5, 5.41) is 1.20. The average Bonchev–Trinajstić information content (AvgIpc) is 2.59. The minimum Gasteiger partial charge on any atom is -0.249 e. The Balaban J connectivity index is 2.41. The number of unbranched alkanes of at least 4 members (excludes halogenated alkanes) is 1. The Morgan fingerprint density at radius 1 is 0.960 bits per heavy atom. The summed E-state index contributed by atoms with van der Waals surface area (Å²) in [5.41, 5.74) is 2.07. The maximum Gasteiger partial charge on any atom is 0.200 e. The second-order valence-electron chi connectivity index (χ2n) is 6.13. The normalized spacial score (nSPS) is 13.6. The lowest BCUT2D eigenvalue weighted by Crippen LogP contribution is -2.03. The maximum absolute atomic E-state index is 12.9. The Bertz CT molecular complexity index is 862. The molecule has 1 atom stereocenters. The molecule has 0 aliphatic rings. The predicted octanol–water partition coefficient (Wildman–Crippen LogP) is 4.92. The highest BCUT2D eigenvalue weighted by Gasteiger charge is 2.17. The van der Waals surface area contributed by atoms with E-state index in [0.29, 0.717) is 16.2 Å². The molecule has 2 rings (SSSR count). The molecule has 0 amide bonds. The first kappa shape index (κ1) is 19.6. The quantitative estimate of drug-likeness (QED) is 0.689. The predicted molar refractivity (Wildman–Crippen MR) is 104 cm³/mol. The second-order valence-corrected chi connectivity index (χ2v) is 9.46. The number of aryl methyl sites for hydroxylation is 2. The van der Waals surface area contributed by atoms with E-state index in [2.05, 4.69) is 0 Å². The van der Waals surface area contributed by atoms with Crippen LogP contribution in [0.15, 0.2) is 68.6 Å². The van der Waals surface area contributed by atoms with E-state index < -0.39 is 20.6 Å². The SMILES string of the molecule is CCCC/C(=C\S(=O)(=O)c1ccc(C)cc1)S(=O)c1ccc(C)cc1. The summed E-state index contributed by atoms with van der Waals surface area (Å²) < 4.78 is 38.3. The molecule has 0 aromatic heterocycles. The third-order valence-corrected chi connectivity index (χ3v) is 7.06. The van der Waals surface area contributed by atoms with Crippen molar-refractivity contribution in [2.45, 2.75) is 49.8 Å². The molecule has 2 aromatic rings. The first-order valence-corrected chi connectivity index (χ1v) is 11.0. The summed E-state index contributed by atoms with van der Waals surface area (Å²) in [7, 11) is -5.10. The van der Waals surface area contributed by atoms with Crippen LogP contribution in [0.5, 0.6) is 0 Å². The highest BCUT2D eigenvalue weighted by Crippen LogP contribution is 2.24. The van der Waals surface area contributed by atoms with Gasteiger partial charge in [-0.15, -0.1) is 0 Å². The molecule has 0 radical (unpaired) electrons. The molecule has 0 aliphatic carbocycles. The van der Waals surface area contributed by atoms with Crippen molar-refractivity contribution >= 4 is 20.6 Å². The molecule has 5 heteroatoms. The molecule has 134 valence electrons. The summed E-state index contributed by atoms with van der Waals surface area (Å²) in [4.78, 5) is 1.31. The molecule has 0 saturated carbocycles. The monoisotopic (exact) mass is 376 g/mol. The molecule has 1 unspecified atom stereocenters. The zero-order valence-corrected chi connectivity index (χ0v) is 16.5. The summed E-state index contributed by atoms with van der Waals surface area (Å²) in [6.45, 7) is 5.90. The fourth-order valence-corrected chi connectivity index (χ4v) is 5.19. The molecule has 0 fully saturated rings. The molecule has 0 aliphatic heterocycles. The Labute approximate surface area is 153 Å². The molecule has 0 N–H and O–H groups in total. The van der Waals surface area contributed by atoms with Gasteiger partial charge in [0.15, 0.2) is 0 Å². The Kier molecular flexibility index (Phi) is 6.73. The number of allylic oxidation sites excluding steroid dienone is 1. The van der Waals surface area contributed by atoms with E-state index in [9.17, 15) is 12.6 Å². The topological polar surface area (TPSA) is 51.2 Å². The lowest BCUT2D eigenvalue weighted by Gasteiger charge is -2.09. The first-order valence-electron chi connectivity index (χ1n) is 8.34. The average molecular weight is 377 g/mol. The van der Waals surface area contributed by atoms with Crippen molar-refractivity contribution in [3.63, 3.8) is 0 Å². The highest BCUT2D eigenvalue weighted by molar-refractivity contribution is 7.96.